The van der Waals surface area contributed by atoms with E-state index in [1.54, 1.807) is 30.3 Å². The lowest BCUT2D eigenvalue weighted by Crippen LogP contribution is -2.27. The van der Waals surface area contributed by atoms with Crippen LogP contribution in [0.15, 0.2) is 57.9 Å². The smallest absolute Gasteiger partial charge is 0.268 e. The van der Waals surface area contributed by atoms with E-state index in [1.165, 1.54) is 28.8 Å². The van der Waals surface area contributed by atoms with E-state index >= 15 is 0 Å². The summed E-state index contributed by atoms with van der Waals surface area (Å²) >= 11 is 9.83. The third kappa shape index (κ3) is 3.40. The minimum atomic E-state index is -0.468. The van der Waals surface area contributed by atoms with Gasteiger partial charge in [0.2, 0.25) is 0 Å². The molecule has 1 saturated heterocycles. The van der Waals surface area contributed by atoms with E-state index in [4.69, 9.17) is 12.2 Å². The first-order valence-corrected chi connectivity index (χ1v) is 8.75. The molecule has 8 heteroatoms. The van der Waals surface area contributed by atoms with Crippen molar-refractivity contribution in [3.05, 3.63) is 73.6 Å². The van der Waals surface area contributed by atoms with Gasteiger partial charge in [-0.3, -0.25) is 19.8 Å². The highest BCUT2D eigenvalue weighted by atomic mass is 79.9. The summed E-state index contributed by atoms with van der Waals surface area (Å²) in [6.45, 7) is 0. The Morgan fingerprint density at radius 2 is 1.92 bits per heavy atom. The summed E-state index contributed by atoms with van der Waals surface area (Å²) < 4.78 is 1.34. The van der Waals surface area contributed by atoms with Crippen molar-refractivity contribution in [2.75, 3.05) is 4.90 Å². The van der Waals surface area contributed by atoms with E-state index < -0.39 is 4.92 Å². The van der Waals surface area contributed by atoms with Crippen molar-refractivity contribution >= 4 is 67.6 Å². The Labute approximate surface area is 155 Å². The Morgan fingerprint density at radius 3 is 2.58 bits per heavy atom. The standard InChI is InChI=1S/C16H9BrN2O3S2/c17-11-4-6-12(7-5-11)18-15(20)14(24-16(18)23)9-10-2-1-3-13(8-10)19(21)22/h1-9H/b14-9+. The van der Waals surface area contributed by atoms with Gasteiger partial charge < -0.3 is 0 Å². The van der Waals surface area contributed by atoms with Crippen LogP contribution >= 0.6 is 39.9 Å². The third-order valence-electron chi connectivity index (χ3n) is 3.26. The van der Waals surface area contributed by atoms with Gasteiger partial charge in [0.05, 0.1) is 15.5 Å². The number of hydrogen-bond acceptors (Lipinski definition) is 5. The molecule has 2 aromatic rings. The van der Waals surface area contributed by atoms with Crippen LogP contribution in [0.25, 0.3) is 6.08 Å². The topological polar surface area (TPSA) is 63.4 Å². The molecule has 24 heavy (non-hydrogen) atoms. The van der Waals surface area contributed by atoms with E-state index in [9.17, 15) is 14.9 Å². The highest BCUT2D eigenvalue weighted by molar-refractivity contribution is 9.10. The van der Waals surface area contributed by atoms with Crippen molar-refractivity contribution in [3.63, 3.8) is 0 Å². The monoisotopic (exact) mass is 420 g/mol. The van der Waals surface area contributed by atoms with Crippen LogP contribution in [0, 0.1) is 10.1 Å². The van der Waals surface area contributed by atoms with Crippen LogP contribution in [-0.4, -0.2) is 15.2 Å². The quantitative estimate of drug-likeness (QED) is 0.309. The van der Waals surface area contributed by atoms with E-state index in [0.29, 0.717) is 20.5 Å². The molecule has 120 valence electrons. The van der Waals surface area contributed by atoms with E-state index in [1.807, 2.05) is 12.1 Å². The Morgan fingerprint density at radius 1 is 1.21 bits per heavy atom. The van der Waals surface area contributed by atoms with Gasteiger partial charge in [-0.15, -0.1) is 0 Å². The molecule has 0 atom stereocenters. The molecule has 0 spiro atoms. The molecule has 0 bridgehead atoms. The summed E-state index contributed by atoms with van der Waals surface area (Å²) in [7, 11) is 0. The Hall–Kier alpha value is -2.03. The van der Waals surface area contributed by atoms with Crippen LogP contribution in [0.5, 0.6) is 0 Å². The van der Waals surface area contributed by atoms with Crippen molar-refractivity contribution in [2.24, 2.45) is 0 Å². The van der Waals surface area contributed by atoms with Crippen molar-refractivity contribution in [1.82, 2.24) is 0 Å². The molecule has 0 aliphatic carbocycles. The number of thiocarbonyl (C=S) groups is 1. The molecule has 0 unspecified atom stereocenters. The summed E-state index contributed by atoms with van der Waals surface area (Å²) in [6, 6.07) is 13.4. The van der Waals surface area contributed by atoms with E-state index in [2.05, 4.69) is 15.9 Å². The number of hydrogen-bond donors (Lipinski definition) is 0. The van der Waals surface area contributed by atoms with Crippen molar-refractivity contribution < 1.29 is 9.72 Å². The molecule has 1 amide bonds. The Bertz CT molecular complexity index is 881. The second-order valence-electron chi connectivity index (χ2n) is 4.85. The first-order chi connectivity index (χ1) is 11.5. The van der Waals surface area contributed by atoms with Crippen molar-refractivity contribution in [1.29, 1.82) is 0 Å². The molecule has 0 N–H and O–H groups in total. The predicted octanol–water partition coefficient (Wildman–Crippen LogP) is 4.76. The summed E-state index contributed by atoms with van der Waals surface area (Å²) in [6.07, 6.45) is 1.62. The first-order valence-electron chi connectivity index (χ1n) is 6.74. The highest BCUT2D eigenvalue weighted by Gasteiger charge is 2.33. The predicted molar refractivity (Wildman–Crippen MR) is 103 cm³/mol. The van der Waals surface area contributed by atoms with Crippen LogP contribution in [0.3, 0.4) is 0 Å². The van der Waals surface area contributed by atoms with Gasteiger partial charge in [-0.05, 0) is 35.9 Å². The lowest BCUT2D eigenvalue weighted by Gasteiger charge is -2.14. The highest BCUT2D eigenvalue weighted by Crippen LogP contribution is 2.36. The Balaban J connectivity index is 1.92. The number of carbonyl (C=O) groups excluding carboxylic acids is 1. The van der Waals surface area contributed by atoms with Crippen LogP contribution in [0.4, 0.5) is 11.4 Å². The fourth-order valence-corrected chi connectivity index (χ4v) is 3.72. The second kappa shape index (κ2) is 6.84. The molecule has 2 aromatic carbocycles. The zero-order valence-electron chi connectivity index (χ0n) is 12.0. The van der Waals surface area contributed by atoms with Crippen molar-refractivity contribution in [3.8, 4) is 0 Å². The zero-order valence-corrected chi connectivity index (χ0v) is 15.2. The number of benzene rings is 2. The molecule has 5 nitrogen and oxygen atoms in total. The number of carbonyl (C=O) groups is 1. The van der Waals surface area contributed by atoms with Crippen LogP contribution in [0.1, 0.15) is 5.56 Å². The fourth-order valence-electron chi connectivity index (χ4n) is 2.16. The summed E-state index contributed by atoms with van der Waals surface area (Å²) in [5, 5.41) is 10.9. The van der Waals surface area contributed by atoms with Crippen LogP contribution in [-0.2, 0) is 4.79 Å². The normalized spacial score (nSPS) is 16.0. The van der Waals surface area contributed by atoms with Gasteiger partial charge in [-0.2, -0.15) is 0 Å². The number of anilines is 1. The molecule has 0 radical (unpaired) electrons. The third-order valence-corrected chi connectivity index (χ3v) is 5.09. The summed E-state index contributed by atoms with van der Waals surface area (Å²) in [5.74, 6) is -0.237. The van der Waals surface area contributed by atoms with Gasteiger partial charge in [-0.1, -0.05) is 52.0 Å². The van der Waals surface area contributed by atoms with Crippen LogP contribution < -0.4 is 4.90 Å². The van der Waals surface area contributed by atoms with Gasteiger partial charge in [0.25, 0.3) is 11.6 Å². The number of amides is 1. The maximum absolute atomic E-state index is 12.6. The SMILES string of the molecule is O=C1/C(=C\c2cccc([N+](=O)[O-])c2)SC(=S)N1c1ccc(Br)cc1. The number of nitro groups is 1. The Kier molecular flexibility index (Phi) is 4.79. The molecule has 1 aliphatic rings. The average molecular weight is 421 g/mol. The number of thioether (sulfide) groups is 1. The first kappa shape index (κ1) is 16.8. The number of halogens is 1. The largest absolute Gasteiger partial charge is 0.270 e. The van der Waals surface area contributed by atoms with Crippen LogP contribution in [0.2, 0.25) is 0 Å². The van der Waals surface area contributed by atoms with E-state index in [0.717, 1.165) is 4.47 Å². The second-order valence-corrected chi connectivity index (χ2v) is 7.44. The van der Waals surface area contributed by atoms with Gasteiger partial charge in [0, 0.05) is 16.6 Å². The lowest BCUT2D eigenvalue weighted by molar-refractivity contribution is -0.384. The number of rotatable bonds is 3. The van der Waals surface area contributed by atoms with Gasteiger partial charge in [0.15, 0.2) is 4.32 Å². The average Bonchev–Trinajstić information content (AvgIpc) is 2.83. The molecule has 0 aromatic heterocycles. The minimum Gasteiger partial charge on any atom is -0.268 e. The molecule has 1 heterocycles. The fraction of sp³-hybridized carbons (Fsp3) is 0. The number of non-ortho nitro benzene ring substituents is 1. The maximum atomic E-state index is 12.6. The van der Waals surface area contributed by atoms with Crippen molar-refractivity contribution in [2.45, 2.75) is 0 Å². The molecular weight excluding hydrogens is 412 g/mol. The van der Waals surface area contributed by atoms with E-state index in [-0.39, 0.29) is 11.6 Å². The van der Waals surface area contributed by atoms with Gasteiger partial charge >= 0.3 is 0 Å². The van der Waals surface area contributed by atoms with Gasteiger partial charge in [-0.25, -0.2) is 0 Å². The molecule has 3 rings (SSSR count). The molecule has 1 aliphatic heterocycles. The summed E-state index contributed by atoms with van der Waals surface area (Å²) in [4.78, 5) is 24.9. The zero-order chi connectivity index (χ0) is 17.3. The number of nitro benzene ring substituents is 1. The minimum absolute atomic E-state index is 0.0212. The molecular formula is C16H9BrN2O3S2. The molecule has 0 saturated carbocycles. The summed E-state index contributed by atoms with van der Waals surface area (Å²) in [5.41, 5.74) is 1.25. The lowest BCUT2D eigenvalue weighted by atomic mass is 10.2. The maximum Gasteiger partial charge on any atom is 0.270 e. The molecule has 1 fully saturated rings. The van der Waals surface area contributed by atoms with Gasteiger partial charge in [0.1, 0.15) is 0 Å². The number of nitrogens with zero attached hydrogens (tertiary/aromatic N) is 2.